The molecular formula is C21H23N3OS. The third kappa shape index (κ3) is 4.84. The van der Waals surface area contributed by atoms with Gasteiger partial charge in [0, 0.05) is 18.2 Å². The summed E-state index contributed by atoms with van der Waals surface area (Å²) >= 11 is 1.54. The third-order valence-corrected chi connectivity index (χ3v) is 4.61. The average Bonchev–Trinajstić information content (AvgIpc) is 2.72. The van der Waals surface area contributed by atoms with Crippen LogP contribution in [0.15, 0.2) is 72.0 Å². The minimum atomic E-state index is 0.00561. The van der Waals surface area contributed by atoms with Gasteiger partial charge in [-0.3, -0.25) is 0 Å². The van der Waals surface area contributed by atoms with Crippen LogP contribution in [0.4, 0.5) is 0 Å². The zero-order valence-electron chi connectivity index (χ0n) is 15.1. The Morgan fingerprint density at radius 2 is 1.92 bits per heavy atom. The molecule has 0 aliphatic rings. The number of nitrogens with one attached hydrogen (secondary N) is 1. The lowest BCUT2D eigenvalue weighted by molar-refractivity contribution is 0.195. The molecule has 0 bridgehead atoms. The molecule has 1 aromatic heterocycles. The normalized spacial score (nSPS) is 11.9. The summed E-state index contributed by atoms with van der Waals surface area (Å²) in [5.41, 5.74) is 3.11. The Balaban J connectivity index is 1.83. The number of aromatic nitrogens is 2. The quantitative estimate of drug-likeness (QED) is 0.467. The Morgan fingerprint density at radius 1 is 1.08 bits per heavy atom. The highest BCUT2D eigenvalue weighted by molar-refractivity contribution is 7.98. The van der Waals surface area contributed by atoms with Gasteiger partial charge >= 0.3 is 0 Å². The van der Waals surface area contributed by atoms with E-state index in [4.69, 9.17) is 4.74 Å². The molecule has 5 heteroatoms. The van der Waals surface area contributed by atoms with Crippen molar-refractivity contribution in [1.82, 2.24) is 15.3 Å². The smallest absolute Gasteiger partial charge is 0.187 e. The van der Waals surface area contributed by atoms with Crippen molar-refractivity contribution in [3.05, 3.63) is 72.4 Å². The first kappa shape index (κ1) is 18.4. The average molecular weight is 366 g/mol. The highest BCUT2D eigenvalue weighted by Gasteiger charge is 2.13. The third-order valence-electron chi connectivity index (χ3n) is 4.05. The summed E-state index contributed by atoms with van der Waals surface area (Å²) in [5, 5.41) is 3.97. The van der Waals surface area contributed by atoms with E-state index in [1.54, 1.807) is 6.20 Å². The van der Waals surface area contributed by atoms with E-state index in [9.17, 15) is 0 Å². The molecule has 0 aliphatic heterocycles. The van der Waals surface area contributed by atoms with Crippen molar-refractivity contribution >= 4 is 11.8 Å². The zero-order valence-corrected chi connectivity index (χ0v) is 15.9. The van der Waals surface area contributed by atoms with Crippen molar-refractivity contribution in [3.63, 3.8) is 0 Å². The topological polar surface area (TPSA) is 47.0 Å². The van der Waals surface area contributed by atoms with Crippen LogP contribution in [0.3, 0.4) is 0 Å². The molecule has 0 saturated heterocycles. The van der Waals surface area contributed by atoms with E-state index in [0.717, 1.165) is 35.1 Å². The van der Waals surface area contributed by atoms with Crippen molar-refractivity contribution in [2.45, 2.75) is 17.7 Å². The maximum Gasteiger partial charge on any atom is 0.187 e. The molecule has 4 nitrogen and oxygen atoms in total. The van der Waals surface area contributed by atoms with Gasteiger partial charge in [-0.25, -0.2) is 9.97 Å². The molecule has 0 fully saturated rings. The number of rotatable bonds is 8. The Hall–Kier alpha value is -2.37. The van der Waals surface area contributed by atoms with Gasteiger partial charge in [-0.05, 0) is 43.6 Å². The van der Waals surface area contributed by atoms with Crippen LogP contribution < -0.4 is 10.1 Å². The fourth-order valence-electron chi connectivity index (χ4n) is 2.73. The molecule has 1 heterocycles. The summed E-state index contributed by atoms with van der Waals surface area (Å²) in [6.45, 7) is 0.891. The molecule has 2 aromatic carbocycles. The van der Waals surface area contributed by atoms with Crippen LogP contribution >= 0.6 is 11.8 Å². The second kappa shape index (κ2) is 9.36. The van der Waals surface area contributed by atoms with Gasteiger partial charge in [-0.1, -0.05) is 54.2 Å². The SMILES string of the molecule is CNCC[C@@H](Oc1cccc(-c2ccnc(SC)n2)c1)c1ccccc1. The minimum Gasteiger partial charge on any atom is -0.486 e. The molecule has 3 rings (SSSR count). The van der Waals surface area contributed by atoms with Crippen molar-refractivity contribution in [2.24, 2.45) is 0 Å². The number of thioether (sulfide) groups is 1. The van der Waals surface area contributed by atoms with Crippen LogP contribution in [0.25, 0.3) is 11.3 Å². The summed E-state index contributed by atoms with van der Waals surface area (Å²) in [6, 6.07) is 20.4. The molecule has 134 valence electrons. The Kier molecular flexibility index (Phi) is 6.63. The van der Waals surface area contributed by atoms with Gasteiger partial charge < -0.3 is 10.1 Å². The van der Waals surface area contributed by atoms with E-state index >= 15 is 0 Å². The van der Waals surface area contributed by atoms with Crippen LogP contribution in [0, 0.1) is 0 Å². The van der Waals surface area contributed by atoms with E-state index in [2.05, 4.69) is 27.4 Å². The van der Waals surface area contributed by atoms with E-state index in [0.29, 0.717) is 0 Å². The predicted molar refractivity (Wildman–Crippen MR) is 108 cm³/mol. The molecule has 1 N–H and O–H groups in total. The summed E-state index contributed by atoms with van der Waals surface area (Å²) in [4.78, 5) is 8.82. The maximum atomic E-state index is 6.33. The molecule has 0 spiro atoms. The molecule has 1 atom stereocenters. The summed E-state index contributed by atoms with van der Waals surface area (Å²) in [7, 11) is 1.96. The fourth-order valence-corrected chi connectivity index (χ4v) is 3.09. The highest BCUT2D eigenvalue weighted by atomic mass is 32.2. The van der Waals surface area contributed by atoms with Gasteiger partial charge in [-0.15, -0.1) is 0 Å². The van der Waals surface area contributed by atoms with E-state index in [1.807, 2.05) is 61.8 Å². The molecule has 0 aliphatic carbocycles. The Bertz CT molecular complexity index is 826. The minimum absolute atomic E-state index is 0.00561. The first-order valence-electron chi connectivity index (χ1n) is 8.64. The number of hydrogen-bond donors (Lipinski definition) is 1. The van der Waals surface area contributed by atoms with Gasteiger partial charge in [0.1, 0.15) is 11.9 Å². The molecule has 0 amide bonds. The number of nitrogens with zero attached hydrogens (tertiary/aromatic N) is 2. The second-order valence-corrected chi connectivity index (χ2v) is 6.64. The monoisotopic (exact) mass is 365 g/mol. The molecular weight excluding hydrogens is 342 g/mol. The summed E-state index contributed by atoms with van der Waals surface area (Å²) in [6.07, 6.45) is 4.67. The fraction of sp³-hybridized carbons (Fsp3) is 0.238. The van der Waals surface area contributed by atoms with E-state index < -0.39 is 0 Å². The molecule has 26 heavy (non-hydrogen) atoms. The van der Waals surface area contributed by atoms with E-state index in [-0.39, 0.29) is 6.10 Å². The van der Waals surface area contributed by atoms with Gasteiger partial charge in [0.2, 0.25) is 0 Å². The Morgan fingerprint density at radius 3 is 2.69 bits per heavy atom. The summed E-state index contributed by atoms with van der Waals surface area (Å²) < 4.78 is 6.33. The lowest BCUT2D eigenvalue weighted by Crippen LogP contribution is -2.16. The second-order valence-electron chi connectivity index (χ2n) is 5.87. The van der Waals surface area contributed by atoms with Crippen molar-refractivity contribution in [3.8, 4) is 17.0 Å². The van der Waals surface area contributed by atoms with Crippen LogP contribution in [-0.4, -0.2) is 29.8 Å². The number of ether oxygens (including phenoxy) is 1. The zero-order chi connectivity index (χ0) is 18.2. The summed E-state index contributed by atoms with van der Waals surface area (Å²) in [5.74, 6) is 0.844. The van der Waals surface area contributed by atoms with Gasteiger partial charge in [0.25, 0.3) is 0 Å². The van der Waals surface area contributed by atoms with E-state index in [1.165, 1.54) is 17.3 Å². The van der Waals surface area contributed by atoms with Crippen LogP contribution in [0.2, 0.25) is 0 Å². The number of benzene rings is 2. The predicted octanol–water partition coefficient (Wildman–Crippen LogP) is 4.60. The van der Waals surface area contributed by atoms with Gasteiger partial charge in [-0.2, -0.15) is 0 Å². The van der Waals surface area contributed by atoms with Crippen LogP contribution in [-0.2, 0) is 0 Å². The van der Waals surface area contributed by atoms with Gasteiger partial charge in [0.05, 0.1) is 5.69 Å². The Labute approximate surface area is 159 Å². The lowest BCUT2D eigenvalue weighted by atomic mass is 10.1. The standard InChI is InChI=1S/C21H23N3OS/c1-22-13-12-20(16-7-4-3-5-8-16)25-18-10-6-9-17(15-18)19-11-14-23-21(24-19)26-2/h3-11,14-15,20,22H,12-13H2,1-2H3/t20-/m1/s1. The first-order valence-corrected chi connectivity index (χ1v) is 9.86. The largest absolute Gasteiger partial charge is 0.486 e. The lowest BCUT2D eigenvalue weighted by Gasteiger charge is -2.20. The highest BCUT2D eigenvalue weighted by Crippen LogP contribution is 2.28. The maximum absolute atomic E-state index is 6.33. The molecule has 3 aromatic rings. The molecule has 0 radical (unpaired) electrons. The molecule has 0 unspecified atom stereocenters. The van der Waals surface area contributed by atoms with Crippen molar-refractivity contribution in [1.29, 1.82) is 0 Å². The first-order chi connectivity index (χ1) is 12.8. The van der Waals surface area contributed by atoms with Crippen molar-refractivity contribution in [2.75, 3.05) is 19.8 Å². The molecule has 0 saturated carbocycles. The van der Waals surface area contributed by atoms with Crippen LogP contribution in [0.5, 0.6) is 5.75 Å². The van der Waals surface area contributed by atoms with Gasteiger partial charge in [0.15, 0.2) is 5.16 Å². The van der Waals surface area contributed by atoms with Crippen molar-refractivity contribution < 1.29 is 4.74 Å². The van der Waals surface area contributed by atoms with Crippen LogP contribution in [0.1, 0.15) is 18.1 Å². The number of hydrogen-bond acceptors (Lipinski definition) is 5.